The van der Waals surface area contributed by atoms with Crippen LogP contribution in [0.4, 0.5) is 13.2 Å². The van der Waals surface area contributed by atoms with Crippen molar-refractivity contribution in [2.75, 3.05) is 0 Å². The molecule has 0 heterocycles. The van der Waals surface area contributed by atoms with Crippen molar-refractivity contribution in [2.24, 2.45) is 0 Å². The monoisotopic (exact) mass is 153 g/mol. The first-order chi connectivity index (χ1) is 4.34. The van der Waals surface area contributed by atoms with E-state index in [9.17, 15) is 18.0 Å². The number of ketones is 1. The topological polar surface area (TPSA) is 40.9 Å². The molecule has 1 N–H and O–H groups in total. The van der Waals surface area contributed by atoms with Gasteiger partial charge in [-0.25, -0.2) is 0 Å². The van der Waals surface area contributed by atoms with Crippen molar-refractivity contribution in [2.45, 2.75) is 19.5 Å². The summed E-state index contributed by atoms with van der Waals surface area (Å²) in [5.74, 6) is -1.86. The molecular formula is C5H6F3NO. The van der Waals surface area contributed by atoms with Gasteiger partial charge >= 0.3 is 6.18 Å². The van der Waals surface area contributed by atoms with Crippen molar-refractivity contribution in [1.82, 2.24) is 0 Å². The van der Waals surface area contributed by atoms with E-state index in [0.29, 0.717) is 0 Å². The molecule has 0 aromatic heterocycles. The van der Waals surface area contributed by atoms with Gasteiger partial charge in [-0.15, -0.1) is 0 Å². The number of hydrogen-bond acceptors (Lipinski definition) is 2. The molecule has 0 aliphatic carbocycles. The summed E-state index contributed by atoms with van der Waals surface area (Å²) in [4.78, 5) is 10.0. The van der Waals surface area contributed by atoms with Gasteiger partial charge in [-0.3, -0.25) is 4.79 Å². The molecule has 0 fully saturated rings. The van der Waals surface area contributed by atoms with E-state index in [2.05, 4.69) is 0 Å². The predicted octanol–water partition coefficient (Wildman–Crippen LogP) is 1.55. The molecule has 0 spiro atoms. The van der Waals surface area contributed by atoms with Crippen LogP contribution in [0.5, 0.6) is 0 Å². The van der Waals surface area contributed by atoms with Crippen LogP contribution >= 0.6 is 0 Å². The fourth-order valence-electron chi connectivity index (χ4n) is 0.341. The molecule has 0 aromatic rings. The Morgan fingerprint density at radius 3 is 2.00 bits per heavy atom. The molecule has 0 saturated carbocycles. The normalized spacial score (nSPS) is 11.2. The Bertz CT molecular complexity index is 161. The zero-order valence-corrected chi connectivity index (χ0v) is 5.25. The first-order valence-corrected chi connectivity index (χ1v) is 2.48. The Balaban J connectivity index is 3.99. The van der Waals surface area contributed by atoms with E-state index in [-0.39, 0.29) is 5.71 Å². The molecule has 5 heteroatoms. The molecule has 0 unspecified atom stereocenters. The fraction of sp³-hybridized carbons (Fsp3) is 0.600. The molecule has 0 amide bonds. The second-order valence-corrected chi connectivity index (χ2v) is 1.88. The molecule has 0 radical (unpaired) electrons. The van der Waals surface area contributed by atoms with Gasteiger partial charge < -0.3 is 5.41 Å². The maximum absolute atomic E-state index is 11.4. The minimum atomic E-state index is -4.79. The highest BCUT2D eigenvalue weighted by atomic mass is 19.4. The van der Waals surface area contributed by atoms with E-state index in [0.717, 1.165) is 6.92 Å². The predicted molar refractivity (Wildman–Crippen MR) is 29.1 cm³/mol. The Morgan fingerprint density at radius 1 is 1.50 bits per heavy atom. The van der Waals surface area contributed by atoms with Crippen LogP contribution in [0.2, 0.25) is 0 Å². The smallest absolute Gasteiger partial charge is 0.310 e. The summed E-state index contributed by atoms with van der Waals surface area (Å²) in [6, 6.07) is 0. The second-order valence-electron chi connectivity index (χ2n) is 1.88. The molecule has 2 nitrogen and oxygen atoms in total. The third kappa shape index (κ3) is 3.21. The maximum atomic E-state index is 11.4. The molecule has 0 aromatic carbocycles. The molecule has 0 aliphatic heterocycles. The van der Waals surface area contributed by atoms with Crippen molar-refractivity contribution in [1.29, 1.82) is 5.41 Å². The number of halogens is 3. The van der Waals surface area contributed by atoms with Crippen molar-refractivity contribution < 1.29 is 18.0 Å². The minimum absolute atomic E-state index is 0.276. The van der Waals surface area contributed by atoms with Crippen LogP contribution in [0.25, 0.3) is 0 Å². The molecule has 0 saturated heterocycles. The van der Waals surface area contributed by atoms with Crippen LogP contribution in [-0.2, 0) is 4.79 Å². The van der Waals surface area contributed by atoms with Crippen LogP contribution in [0.3, 0.4) is 0 Å². The number of alkyl halides is 3. The molecule has 0 atom stereocenters. The van der Waals surface area contributed by atoms with Crippen LogP contribution in [0.1, 0.15) is 13.3 Å². The average molecular weight is 153 g/mol. The average Bonchev–Trinajstić information content (AvgIpc) is 1.60. The third-order valence-corrected chi connectivity index (χ3v) is 0.742. The van der Waals surface area contributed by atoms with Gasteiger partial charge in [-0.1, -0.05) is 0 Å². The van der Waals surface area contributed by atoms with Crippen molar-refractivity contribution in [3.05, 3.63) is 0 Å². The van der Waals surface area contributed by atoms with Gasteiger partial charge in [-0.05, 0) is 6.92 Å². The number of rotatable bonds is 2. The summed E-state index contributed by atoms with van der Waals surface area (Å²) >= 11 is 0. The summed E-state index contributed by atoms with van der Waals surface area (Å²) in [6.07, 6.45) is -5.62. The minimum Gasteiger partial charge on any atom is -0.310 e. The lowest BCUT2D eigenvalue weighted by molar-refractivity contribution is -0.169. The van der Waals surface area contributed by atoms with E-state index in [1.54, 1.807) is 0 Å². The van der Waals surface area contributed by atoms with Crippen LogP contribution in [0, 0.1) is 5.41 Å². The number of carbonyl (C=O) groups is 1. The lowest BCUT2D eigenvalue weighted by Gasteiger charge is -2.02. The summed E-state index contributed by atoms with van der Waals surface area (Å²) in [6.45, 7) is 1.16. The van der Waals surface area contributed by atoms with Crippen molar-refractivity contribution >= 4 is 11.5 Å². The maximum Gasteiger partial charge on any atom is 0.450 e. The van der Waals surface area contributed by atoms with E-state index >= 15 is 0 Å². The fourth-order valence-corrected chi connectivity index (χ4v) is 0.341. The van der Waals surface area contributed by atoms with E-state index in [1.807, 2.05) is 0 Å². The number of Topliss-reactive ketones (excluding diaryl/α,β-unsaturated/α-hetero) is 1. The second kappa shape index (κ2) is 2.81. The lowest BCUT2D eigenvalue weighted by atomic mass is 10.2. The first-order valence-electron chi connectivity index (χ1n) is 2.48. The highest BCUT2D eigenvalue weighted by Crippen LogP contribution is 2.17. The van der Waals surface area contributed by atoms with Crippen molar-refractivity contribution in [3.63, 3.8) is 0 Å². The van der Waals surface area contributed by atoms with Gasteiger partial charge in [0.05, 0.1) is 6.42 Å². The standard InChI is InChI=1S/C5H6F3NO/c1-3(9)2-4(10)5(6,7)8/h9H,2H2,1H3. The molecule has 58 valence electrons. The summed E-state index contributed by atoms with van der Waals surface area (Å²) < 4.78 is 34.1. The number of nitrogens with one attached hydrogen (secondary N) is 1. The lowest BCUT2D eigenvalue weighted by Crippen LogP contribution is -2.24. The quantitative estimate of drug-likeness (QED) is 0.600. The van der Waals surface area contributed by atoms with Crippen LogP contribution < -0.4 is 0 Å². The summed E-state index contributed by atoms with van der Waals surface area (Å²) in [7, 11) is 0. The van der Waals surface area contributed by atoms with Gasteiger partial charge in [0, 0.05) is 5.71 Å². The largest absolute Gasteiger partial charge is 0.450 e. The Labute approximate surface area is 55.5 Å². The Kier molecular flexibility index (Phi) is 2.56. The van der Waals surface area contributed by atoms with Gasteiger partial charge in [0.2, 0.25) is 5.78 Å². The Hall–Kier alpha value is -0.870. The highest BCUT2D eigenvalue weighted by Gasteiger charge is 2.37. The number of hydrogen-bond donors (Lipinski definition) is 1. The van der Waals surface area contributed by atoms with Crippen LogP contribution in [-0.4, -0.2) is 17.7 Å². The molecule has 0 bridgehead atoms. The first kappa shape index (κ1) is 9.13. The molecular weight excluding hydrogens is 147 g/mol. The molecule has 10 heavy (non-hydrogen) atoms. The SMILES string of the molecule is CC(=N)CC(=O)C(F)(F)F. The summed E-state index contributed by atoms with van der Waals surface area (Å²) in [5, 5.41) is 6.58. The Morgan fingerprint density at radius 2 is 1.90 bits per heavy atom. The molecule has 0 aliphatic rings. The van der Waals surface area contributed by atoms with E-state index < -0.39 is 18.4 Å². The molecule has 0 rings (SSSR count). The van der Waals surface area contributed by atoms with Crippen LogP contribution in [0.15, 0.2) is 0 Å². The summed E-state index contributed by atoms with van der Waals surface area (Å²) in [5.41, 5.74) is -0.276. The van der Waals surface area contributed by atoms with E-state index in [4.69, 9.17) is 5.41 Å². The van der Waals surface area contributed by atoms with Gasteiger partial charge in [0.25, 0.3) is 0 Å². The number of carbonyl (C=O) groups excluding carboxylic acids is 1. The van der Waals surface area contributed by atoms with Gasteiger partial charge in [-0.2, -0.15) is 13.2 Å². The van der Waals surface area contributed by atoms with Gasteiger partial charge in [0.15, 0.2) is 0 Å². The zero-order valence-electron chi connectivity index (χ0n) is 5.25. The third-order valence-electron chi connectivity index (χ3n) is 0.742. The zero-order chi connectivity index (χ0) is 8.36. The van der Waals surface area contributed by atoms with Crippen molar-refractivity contribution in [3.8, 4) is 0 Å². The van der Waals surface area contributed by atoms with Gasteiger partial charge in [0.1, 0.15) is 0 Å². The highest BCUT2D eigenvalue weighted by molar-refractivity contribution is 6.01. The van der Waals surface area contributed by atoms with E-state index in [1.165, 1.54) is 0 Å².